The molecule has 3 aromatic rings. The van der Waals surface area contributed by atoms with Gasteiger partial charge in [-0.15, -0.1) is 0 Å². The molecule has 5 nitrogen and oxygen atoms in total. The van der Waals surface area contributed by atoms with Crippen LogP contribution in [-0.4, -0.2) is 21.2 Å². The fourth-order valence-corrected chi connectivity index (χ4v) is 3.78. The molecule has 8 heteroatoms. The van der Waals surface area contributed by atoms with Crippen LogP contribution in [0.1, 0.15) is 26.3 Å². The van der Waals surface area contributed by atoms with Crippen LogP contribution in [0, 0.1) is 5.82 Å². The summed E-state index contributed by atoms with van der Waals surface area (Å²) in [4.78, 5) is 29.8. The van der Waals surface area contributed by atoms with Crippen molar-refractivity contribution in [3.8, 4) is 0 Å². The van der Waals surface area contributed by atoms with Crippen LogP contribution in [0.5, 0.6) is 0 Å². The molecule has 1 amide bonds. The summed E-state index contributed by atoms with van der Waals surface area (Å²) in [7, 11) is 0. The van der Waals surface area contributed by atoms with Crippen LogP contribution in [0.3, 0.4) is 0 Å². The Kier molecular flexibility index (Phi) is 6.36. The predicted octanol–water partition coefficient (Wildman–Crippen LogP) is 4.89. The number of rotatable bonds is 6. The summed E-state index contributed by atoms with van der Waals surface area (Å²) in [5.74, 6) is -0.798. The maximum atomic E-state index is 13.2. The highest BCUT2D eigenvalue weighted by Crippen LogP contribution is 2.23. The van der Waals surface area contributed by atoms with Crippen molar-refractivity contribution >= 4 is 45.9 Å². The Balaban J connectivity index is 1.83. The molecule has 28 heavy (non-hydrogen) atoms. The number of hydrogen-bond donors (Lipinski definition) is 1. The summed E-state index contributed by atoms with van der Waals surface area (Å²) in [6, 6.07) is 11.1. The Bertz CT molecular complexity index is 1090. The van der Waals surface area contributed by atoms with Gasteiger partial charge >= 0.3 is 0 Å². The first-order valence-corrected chi connectivity index (χ1v) is 10.2. The average molecular weight is 420 g/mol. The summed E-state index contributed by atoms with van der Waals surface area (Å²) >= 11 is 6.92. The van der Waals surface area contributed by atoms with Crippen molar-refractivity contribution < 1.29 is 9.18 Å². The lowest BCUT2D eigenvalue weighted by Crippen LogP contribution is -2.26. The lowest BCUT2D eigenvalue weighted by molar-refractivity contribution is -0.113. The van der Waals surface area contributed by atoms with Crippen molar-refractivity contribution in [1.29, 1.82) is 0 Å². The molecule has 146 valence electrons. The number of thioether (sulfide) groups is 1. The van der Waals surface area contributed by atoms with Crippen molar-refractivity contribution in [2.75, 3.05) is 11.1 Å². The summed E-state index contributed by atoms with van der Waals surface area (Å²) < 4.78 is 14.9. The van der Waals surface area contributed by atoms with Crippen molar-refractivity contribution in [1.82, 2.24) is 9.55 Å². The van der Waals surface area contributed by atoms with Gasteiger partial charge in [0, 0.05) is 11.7 Å². The molecule has 1 atom stereocenters. The quantitative estimate of drug-likeness (QED) is 0.456. The van der Waals surface area contributed by atoms with E-state index in [2.05, 4.69) is 10.3 Å². The fourth-order valence-electron chi connectivity index (χ4n) is 2.70. The van der Waals surface area contributed by atoms with E-state index >= 15 is 0 Å². The third-order valence-corrected chi connectivity index (χ3v) is 5.59. The second kappa shape index (κ2) is 8.75. The number of fused-ring (bicyclic) bond motifs is 1. The van der Waals surface area contributed by atoms with Gasteiger partial charge in [-0.05, 0) is 43.7 Å². The van der Waals surface area contributed by atoms with E-state index in [0.717, 1.165) is 6.42 Å². The number of carbonyl (C=O) groups is 1. The van der Waals surface area contributed by atoms with Crippen LogP contribution in [0.15, 0.2) is 52.4 Å². The first-order chi connectivity index (χ1) is 13.4. The maximum Gasteiger partial charge on any atom is 0.262 e. The minimum atomic E-state index is -0.549. The van der Waals surface area contributed by atoms with Crippen LogP contribution in [0.2, 0.25) is 5.02 Å². The largest absolute Gasteiger partial charge is 0.325 e. The number of anilines is 1. The molecule has 1 heterocycles. The molecular weight excluding hydrogens is 401 g/mol. The number of hydrogen-bond acceptors (Lipinski definition) is 4. The van der Waals surface area contributed by atoms with E-state index in [1.54, 1.807) is 22.8 Å². The second-order valence-corrected chi connectivity index (χ2v) is 7.66. The molecule has 0 aliphatic carbocycles. The first-order valence-electron chi connectivity index (χ1n) is 8.79. The lowest BCUT2D eigenvalue weighted by atomic mass is 10.2. The Morgan fingerprint density at radius 3 is 2.79 bits per heavy atom. The average Bonchev–Trinajstić information content (AvgIpc) is 2.69. The van der Waals surface area contributed by atoms with Crippen LogP contribution < -0.4 is 10.9 Å². The summed E-state index contributed by atoms with van der Waals surface area (Å²) in [6.07, 6.45) is 0.758. The molecule has 0 aliphatic heterocycles. The van der Waals surface area contributed by atoms with Gasteiger partial charge in [0.25, 0.3) is 5.56 Å². The lowest BCUT2D eigenvalue weighted by Gasteiger charge is -2.18. The van der Waals surface area contributed by atoms with E-state index in [1.807, 2.05) is 19.9 Å². The molecule has 0 saturated heterocycles. The smallest absolute Gasteiger partial charge is 0.262 e. The summed E-state index contributed by atoms with van der Waals surface area (Å²) in [6.45, 7) is 3.94. The zero-order valence-corrected chi connectivity index (χ0v) is 17.0. The fraction of sp³-hybridized carbons (Fsp3) is 0.250. The predicted molar refractivity (Wildman–Crippen MR) is 112 cm³/mol. The molecule has 2 aromatic carbocycles. The number of nitrogens with zero attached hydrogens (tertiary/aromatic N) is 2. The van der Waals surface area contributed by atoms with Crippen molar-refractivity contribution in [2.45, 2.75) is 31.5 Å². The Morgan fingerprint density at radius 2 is 2.07 bits per heavy atom. The van der Waals surface area contributed by atoms with E-state index in [9.17, 15) is 14.0 Å². The molecule has 0 radical (unpaired) electrons. The second-order valence-electron chi connectivity index (χ2n) is 6.31. The summed E-state index contributed by atoms with van der Waals surface area (Å²) in [5, 5.41) is 3.65. The molecule has 0 bridgehead atoms. The first kappa shape index (κ1) is 20.4. The molecule has 1 N–H and O–H groups in total. The van der Waals surface area contributed by atoms with E-state index < -0.39 is 5.82 Å². The number of carbonyl (C=O) groups excluding carboxylic acids is 1. The number of para-hydroxylation sites is 1. The highest BCUT2D eigenvalue weighted by atomic mass is 35.5. The number of amides is 1. The van der Waals surface area contributed by atoms with Crippen LogP contribution in [0.25, 0.3) is 10.9 Å². The zero-order valence-electron chi connectivity index (χ0n) is 15.4. The van der Waals surface area contributed by atoms with E-state index in [-0.39, 0.29) is 28.3 Å². The molecule has 3 rings (SSSR count). The summed E-state index contributed by atoms with van der Waals surface area (Å²) in [5.41, 5.74) is 0.885. The highest BCUT2D eigenvalue weighted by molar-refractivity contribution is 7.99. The van der Waals surface area contributed by atoms with Gasteiger partial charge in [0.2, 0.25) is 5.91 Å². The van der Waals surface area contributed by atoms with Crippen molar-refractivity contribution in [3.05, 3.63) is 63.7 Å². The normalized spacial score (nSPS) is 12.1. The molecule has 0 aliphatic rings. The SMILES string of the molecule is CCC(C)n1c(SCC(=O)Nc2ccc(F)c(Cl)c2)nc2ccccc2c1=O. The zero-order chi connectivity index (χ0) is 20.3. The van der Waals surface area contributed by atoms with Gasteiger partial charge in [-0.1, -0.05) is 42.4 Å². The molecule has 0 saturated carbocycles. The maximum absolute atomic E-state index is 13.2. The minimum absolute atomic E-state index is 0.0499. The monoisotopic (exact) mass is 419 g/mol. The van der Waals surface area contributed by atoms with Crippen LogP contribution in [-0.2, 0) is 4.79 Å². The van der Waals surface area contributed by atoms with Crippen molar-refractivity contribution in [2.24, 2.45) is 0 Å². The van der Waals surface area contributed by atoms with Gasteiger partial charge in [0.05, 0.1) is 21.7 Å². The number of aromatic nitrogens is 2. The Morgan fingerprint density at radius 1 is 1.32 bits per heavy atom. The molecular formula is C20H19ClFN3O2S. The molecule has 0 fully saturated rings. The Hall–Kier alpha value is -2.38. The number of benzene rings is 2. The van der Waals surface area contributed by atoms with Gasteiger partial charge in [-0.2, -0.15) is 0 Å². The van der Waals surface area contributed by atoms with Crippen molar-refractivity contribution in [3.63, 3.8) is 0 Å². The van der Waals surface area contributed by atoms with Crippen LogP contribution in [0.4, 0.5) is 10.1 Å². The minimum Gasteiger partial charge on any atom is -0.325 e. The standard InChI is InChI=1S/C20H19ClFN3O2S/c1-3-12(2)25-19(27)14-6-4-5-7-17(14)24-20(25)28-11-18(26)23-13-8-9-16(22)15(21)10-13/h4-10,12H,3,11H2,1-2H3,(H,23,26). The highest BCUT2D eigenvalue weighted by Gasteiger charge is 2.16. The molecule has 1 aromatic heterocycles. The number of nitrogens with one attached hydrogen (secondary N) is 1. The Labute approximate surface area is 170 Å². The third kappa shape index (κ3) is 4.36. The molecule has 0 spiro atoms. The van der Waals surface area contributed by atoms with Gasteiger partial charge in [-0.3, -0.25) is 14.2 Å². The number of halogens is 2. The van der Waals surface area contributed by atoms with E-state index in [1.165, 1.54) is 30.0 Å². The van der Waals surface area contributed by atoms with Gasteiger partial charge in [0.15, 0.2) is 5.16 Å². The van der Waals surface area contributed by atoms with E-state index in [4.69, 9.17) is 11.6 Å². The third-order valence-electron chi connectivity index (χ3n) is 4.34. The van der Waals surface area contributed by atoms with E-state index in [0.29, 0.717) is 21.7 Å². The molecule has 1 unspecified atom stereocenters. The van der Waals surface area contributed by atoms with Gasteiger partial charge < -0.3 is 5.32 Å². The van der Waals surface area contributed by atoms with Crippen LogP contribution >= 0.6 is 23.4 Å². The van der Waals surface area contributed by atoms with Gasteiger partial charge in [0.1, 0.15) is 5.82 Å². The van der Waals surface area contributed by atoms with Gasteiger partial charge in [-0.25, -0.2) is 9.37 Å². The topological polar surface area (TPSA) is 64.0 Å².